The molecule has 86 valence electrons. The first-order valence-electron chi connectivity index (χ1n) is 4.76. The van der Waals surface area contributed by atoms with Crippen LogP contribution < -0.4 is 10.6 Å². The van der Waals surface area contributed by atoms with Crippen LogP contribution in [0.3, 0.4) is 0 Å². The number of nitrogens with one attached hydrogen (secondary N) is 2. The smallest absolute Gasteiger partial charge is 0.335 e. The molecular formula is C10H13N3O3. The summed E-state index contributed by atoms with van der Waals surface area (Å²) in [4.78, 5) is 25.8. The van der Waals surface area contributed by atoms with E-state index in [0.717, 1.165) is 0 Å². The first-order chi connectivity index (χ1) is 7.49. The van der Waals surface area contributed by atoms with E-state index in [9.17, 15) is 9.59 Å². The van der Waals surface area contributed by atoms with E-state index in [4.69, 9.17) is 5.11 Å². The van der Waals surface area contributed by atoms with Crippen molar-refractivity contribution >= 4 is 17.8 Å². The van der Waals surface area contributed by atoms with Gasteiger partial charge in [-0.15, -0.1) is 0 Å². The lowest BCUT2D eigenvalue weighted by atomic mass is 10.2. The molecule has 6 nitrogen and oxygen atoms in total. The lowest BCUT2D eigenvalue weighted by Crippen LogP contribution is -2.34. The van der Waals surface area contributed by atoms with Gasteiger partial charge in [-0.05, 0) is 26.0 Å². The number of amides is 2. The van der Waals surface area contributed by atoms with E-state index in [1.807, 2.05) is 13.8 Å². The van der Waals surface area contributed by atoms with Crippen molar-refractivity contribution in [2.75, 3.05) is 5.32 Å². The molecular weight excluding hydrogens is 210 g/mol. The number of carboxylic acids is 1. The van der Waals surface area contributed by atoms with E-state index in [1.165, 1.54) is 18.3 Å². The van der Waals surface area contributed by atoms with Crippen molar-refractivity contribution in [1.29, 1.82) is 0 Å². The molecule has 0 saturated carbocycles. The summed E-state index contributed by atoms with van der Waals surface area (Å²) < 4.78 is 0. The Hall–Kier alpha value is -2.11. The molecule has 0 saturated heterocycles. The van der Waals surface area contributed by atoms with Gasteiger partial charge in [0.1, 0.15) is 5.82 Å². The molecule has 0 bridgehead atoms. The molecule has 0 aliphatic rings. The summed E-state index contributed by atoms with van der Waals surface area (Å²) in [6.07, 6.45) is 1.33. The summed E-state index contributed by atoms with van der Waals surface area (Å²) in [7, 11) is 0. The average Bonchev–Trinajstić information content (AvgIpc) is 2.16. The van der Waals surface area contributed by atoms with Crippen molar-refractivity contribution in [2.45, 2.75) is 19.9 Å². The molecule has 1 rings (SSSR count). The van der Waals surface area contributed by atoms with Gasteiger partial charge in [0.15, 0.2) is 0 Å². The van der Waals surface area contributed by atoms with E-state index in [0.29, 0.717) is 0 Å². The van der Waals surface area contributed by atoms with Crippen LogP contribution in [0.2, 0.25) is 0 Å². The summed E-state index contributed by atoms with van der Waals surface area (Å²) in [5.74, 6) is -0.854. The Kier molecular flexibility index (Phi) is 3.82. The monoisotopic (exact) mass is 223 g/mol. The summed E-state index contributed by atoms with van der Waals surface area (Å²) in [6.45, 7) is 3.64. The van der Waals surface area contributed by atoms with Crippen molar-refractivity contribution in [3.63, 3.8) is 0 Å². The van der Waals surface area contributed by atoms with Gasteiger partial charge in [-0.3, -0.25) is 5.32 Å². The minimum Gasteiger partial charge on any atom is -0.478 e. The van der Waals surface area contributed by atoms with Crippen LogP contribution in [0, 0.1) is 0 Å². The molecule has 1 aromatic heterocycles. The Morgan fingerprint density at radius 2 is 2.12 bits per heavy atom. The molecule has 0 aromatic carbocycles. The highest BCUT2D eigenvalue weighted by atomic mass is 16.4. The zero-order valence-corrected chi connectivity index (χ0v) is 9.02. The number of pyridine rings is 1. The quantitative estimate of drug-likeness (QED) is 0.720. The third-order valence-electron chi connectivity index (χ3n) is 1.67. The largest absolute Gasteiger partial charge is 0.478 e. The standard InChI is InChI=1S/C10H13N3O3/c1-6(2)12-10(16)13-8-5-7(9(14)15)3-4-11-8/h3-6H,1-2H3,(H,14,15)(H2,11,12,13,16). The molecule has 0 spiro atoms. The third-order valence-corrected chi connectivity index (χ3v) is 1.67. The topological polar surface area (TPSA) is 91.3 Å². The van der Waals surface area contributed by atoms with Crippen LogP contribution in [0.1, 0.15) is 24.2 Å². The van der Waals surface area contributed by atoms with E-state index in [2.05, 4.69) is 15.6 Å². The minimum atomic E-state index is -1.06. The van der Waals surface area contributed by atoms with Crippen molar-refractivity contribution in [3.05, 3.63) is 23.9 Å². The van der Waals surface area contributed by atoms with E-state index < -0.39 is 12.0 Å². The highest BCUT2D eigenvalue weighted by Gasteiger charge is 2.07. The maximum absolute atomic E-state index is 11.3. The van der Waals surface area contributed by atoms with Crippen molar-refractivity contribution < 1.29 is 14.7 Å². The maximum atomic E-state index is 11.3. The van der Waals surface area contributed by atoms with Crippen LogP contribution in [-0.4, -0.2) is 28.1 Å². The molecule has 0 unspecified atom stereocenters. The van der Waals surface area contributed by atoms with Gasteiger partial charge in [0.05, 0.1) is 5.56 Å². The number of rotatable bonds is 3. The molecule has 16 heavy (non-hydrogen) atoms. The number of nitrogens with zero attached hydrogens (tertiary/aromatic N) is 1. The van der Waals surface area contributed by atoms with Gasteiger partial charge in [0, 0.05) is 12.2 Å². The van der Waals surface area contributed by atoms with E-state index in [1.54, 1.807) is 0 Å². The number of carboxylic acid groups (broad SMARTS) is 1. The average molecular weight is 223 g/mol. The molecule has 0 radical (unpaired) electrons. The number of aromatic carboxylic acids is 1. The fourth-order valence-corrected chi connectivity index (χ4v) is 1.05. The van der Waals surface area contributed by atoms with Gasteiger partial charge in [-0.25, -0.2) is 14.6 Å². The molecule has 0 atom stereocenters. The fraction of sp³-hybridized carbons (Fsp3) is 0.300. The van der Waals surface area contributed by atoms with E-state index >= 15 is 0 Å². The third kappa shape index (κ3) is 3.56. The van der Waals surface area contributed by atoms with Gasteiger partial charge in [-0.2, -0.15) is 0 Å². The van der Waals surface area contributed by atoms with Gasteiger partial charge in [-0.1, -0.05) is 0 Å². The van der Waals surface area contributed by atoms with Crippen molar-refractivity contribution in [1.82, 2.24) is 10.3 Å². The van der Waals surface area contributed by atoms with Gasteiger partial charge in [0.25, 0.3) is 0 Å². The second-order valence-electron chi connectivity index (χ2n) is 3.49. The molecule has 3 N–H and O–H groups in total. The van der Waals surface area contributed by atoms with Crippen LogP contribution in [0.15, 0.2) is 18.3 Å². The van der Waals surface area contributed by atoms with Crippen LogP contribution in [0.5, 0.6) is 0 Å². The SMILES string of the molecule is CC(C)NC(=O)Nc1cc(C(=O)O)ccn1. The number of anilines is 1. The van der Waals surface area contributed by atoms with Crippen LogP contribution in [-0.2, 0) is 0 Å². The van der Waals surface area contributed by atoms with Crippen LogP contribution in [0.25, 0.3) is 0 Å². The normalized spacial score (nSPS) is 9.94. The van der Waals surface area contributed by atoms with Crippen LogP contribution in [0.4, 0.5) is 10.6 Å². The highest BCUT2D eigenvalue weighted by molar-refractivity contribution is 5.92. The lowest BCUT2D eigenvalue weighted by molar-refractivity contribution is 0.0696. The predicted octanol–water partition coefficient (Wildman–Crippen LogP) is 1.31. The summed E-state index contributed by atoms with van der Waals surface area (Å²) in [5.41, 5.74) is 0.0786. The summed E-state index contributed by atoms with van der Waals surface area (Å²) in [5, 5.41) is 13.8. The second kappa shape index (κ2) is 5.11. The number of hydrogen-bond acceptors (Lipinski definition) is 3. The fourth-order valence-electron chi connectivity index (χ4n) is 1.05. The molecule has 0 fully saturated rings. The lowest BCUT2D eigenvalue weighted by Gasteiger charge is -2.09. The number of hydrogen-bond donors (Lipinski definition) is 3. The van der Waals surface area contributed by atoms with Crippen molar-refractivity contribution in [2.24, 2.45) is 0 Å². The number of carbonyl (C=O) groups excluding carboxylic acids is 1. The Bertz CT molecular complexity index is 404. The summed E-state index contributed by atoms with van der Waals surface area (Å²) in [6, 6.07) is 2.24. The van der Waals surface area contributed by atoms with Crippen molar-refractivity contribution in [3.8, 4) is 0 Å². The Labute approximate surface area is 92.7 Å². The predicted molar refractivity (Wildman–Crippen MR) is 58.5 cm³/mol. The Morgan fingerprint density at radius 3 is 2.69 bits per heavy atom. The minimum absolute atomic E-state index is 0.00246. The van der Waals surface area contributed by atoms with Gasteiger partial charge in [0.2, 0.25) is 0 Å². The molecule has 0 aliphatic carbocycles. The van der Waals surface area contributed by atoms with E-state index in [-0.39, 0.29) is 17.4 Å². The van der Waals surface area contributed by atoms with Gasteiger partial charge >= 0.3 is 12.0 Å². The molecule has 1 aromatic rings. The maximum Gasteiger partial charge on any atom is 0.335 e. The number of urea groups is 1. The Balaban J connectivity index is 2.70. The molecule has 1 heterocycles. The zero-order chi connectivity index (χ0) is 12.1. The molecule has 2 amide bonds. The molecule has 0 aliphatic heterocycles. The van der Waals surface area contributed by atoms with Gasteiger partial charge < -0.3 is 10.4 Å². The van der Waals surface area contributed by atoms with Crippen LogP contribution >= 0.6 is 0 Å². The highest BCUT2D eigenvalue weighted by Crippen LogP contribution is 2.06. The first-order valence-corrected chi connectivity index (χ1v) is 4.76. The first kappa shape index (κ1) is 12.0. The number of carbonyl (C=O) groups is 2. The zero-order valence-electron chi connectivity index (χ0n) is 9.02. The second-order valence-corrected chi connectivity index (χ2v) is 3.49. The summed E-state index contributed by atoms with van der Waals surface area (Å²) >= 11 is 0. The molecule has 6 heteroatoms. The Morgan fingerprint density at radius 1 is 1.44 bits per heavy atom. The number of aromatic nitrogens is 1.